The fourth-order valence-electron chi connectivity index (χ4n) is 1.80. The van der Waals surface area contributed by atoms with Crippen LogP contribution in [-0.4, -0.2) is 42.6 Å². The van der Waals surface area contributed by atoms with Gasteiger partial charge in [0, 0.05) is 12.3 Å². The van der Waals surface area contributed by atoms with Crippen LogP contribution in [0.4, 0.5) is 0 Å². The standard InChI is InChI=1S/C11H24N2S/c1-11(10-12)4-2-5-13-6-3-8-14-9-7-13/h11H,2-10,12H2,1H3. The molecule has 1 rings (SSSR count). The van der Waals surface area contributed by atoms with Crippen LogP contribution < -0.4 is 5.73 Å². The molecule has 0 radical (unpaired) electrons. The molecule has 1 unspecified atom stereocenters. The molecule has 0 amide bonds. The van der Waals surface area contributed by atoms with Crippen molar-refractivity contribution in [1.82, 2.24) is 4.90 Å². The molecule has 1 aliphatic rings. The van der Waals surface area contributed by atoms with Crippen molar-refractivity contribution >= 4 is 11.8 Å². The summed E-state index contributed by atoms with van der Waals surface area (Å²) in [5, 5.41) is 0. The molecule has 0 aromatic rings. The first-order valence-corrected chi connectivity index (χ1v) is 6.98. The predicted molar refractivity (Wildman–Crippen MR) is 65.8 cm³/mol. The molecule has 1 fully saturated rings. The smallest absolute Gasteiger partial charge is 0.00723 e. The van der Waals surface area contributed by atoms with Crippen molar-refractivity contribution in [3.63, 3.8) is 0 Å². The Balaban J connectivity index is 2.04. The Morgan fingerprint density at radius 3 is 3.00 bits per heavy atom. The lowest BCUT2D eigenvalue weighted by Crippen LogP contribution is -2.27. The van der Waals surface area contributed by atoms with E-state index in [1.54, 1.807) is 0 Å². The predicted octanol–water partition coefficient (Wildman–Crippen LogP) is 1.80. The molecule has 0 aliphatic carbocycles. The minimum absolute atomic E-state index is 0.705. The van der Waals surface area contributed by atoms with Gasteiger partial charge in [-0.1, -0.05) is 6.92 Å². The molecule has 1 heterocycles. The number of nitrogens with two attached hydrogens (primary N) is 1. The molecule has 0 aromatic heterocycles. The Hall–Kier alpha value is 0.270. The van der Waals surface area contributed by atoms with Gasteiger partial charge < -0.3 is 10.6 Å². The van der Waals surface area contributed by atoms with Gasteiger partial charge in [-0.2, -0.15) is 11.8 Å². The van der Waals surface area contributed by atoms with Crippen LogP contribution in [0.2, 0.25) is 0 Å². The van der Waals surface area contributed by atoms with Gasteiger partial charge in [-0.15, -0.1) is 0 Å². The van der Waals surface area contributed by atoms with E-state index in [9.17, 15) is 0 Å². The first-order valence-electron chi connectivity index (χ1n) is 5.83. The van der Waals surface area contributed by atoms with Gasteiger partial charge in [0.1, 0.15) is 0 Å². The number of nitrogens with zero attached hydrogens (tertiary/aromatic N) is 1. The number of hydrogen-bond donors (Lipinski definition) is 1. The van der Waals surface area contributed by atoms with Gasteiger partial charge in [0.25, 0.3) is 0 Å². The molecular weight excluding hydrogens is 192 g/mol. The lowest BCUT2D eigenvalue weighted by molar-refractivity contribution is 0.282. The summed E-state index contributed by atoms with van der Waals surface area (Å²) in [6.45, 7) is 6.98. The van der Waals surface area contributed by atoms with Crippen LogP contribution >= 0.6 is 11.8 Å². The fourth-order valence-corrected chi connectivity index (χ4v) is 2.73. The zero-order chi connectivity index (χ0) is 10.2. The summed E-state index contributed by atoms with van der Waals surface area (Å²) >= 11 is 2.10. The topological polar surface area (TPSA) is 29.3 Å². The number of thioether (sulfide) groups is 1. The zero-order valence-electron chi connectivity index (χ0n) is 9.37. The Labute approximate surface area is 92.6 Å². The van der Waals surface area contributed by atoms with Crippen LogP contribution in [0.1, 0.15) is 26.2 Å². The molecule has 0 saturated carbocycles. The lowest BCUT2D eigenvalue weighted by Gasteiger charge is -2.19. The maximum atomic E-state index is 5.60. The van der Waals surface area contributed by atoms with Gasteiger partial charge in [0.15, 0.2) is 0 Å². The second-order valence-corrected chi connectivity index (χ2v) is 5.52. The van der Waals surface area contributed by atoms with Gasteiger partial charge in [0.2, 0.25) is 0 Å². The first kappa shape index (κ1) is 12.3. The van der Waals surface area contributed by atoms with E-state index in [1.807, 2.05) is 0 Å². The average Bonchev–Trinajstić information content (AvgIpc) is 2.46. The van der Waals surface area contributed by atoms with Crippen LogP contribution in [-0.2, 0) is 0 Å². The van der Waals surface area contributed by atoms with Crippen molar-refractivity contribution in [2.75, 3.05) is 37.7 Å². The molecule has 2 N–H and O–H groups in total. The average molecular weight is 216 g/mol. The SMILES string of the molecule is CC(CN)CCCN1CCCSCC1. The molecular formula is C11H24N2S. The second kappa shape index (κ2) is 7.55. The highest BCUT2D eigenvalue weighted by atomic mass is 32.2. The van der Waals surface area contributed by atoms with Crippen LogP contribution in [0, 0.1) is 5.92 Å². The van der Waals surface area contributed by atoms with Gasteiger partial charge in [-0.05, 0) is 50.6 Å². The fraction of sp³-hybridized carbons (Fsp3) is 1.00. The molecule has 0 bridgehead atoms. The van der Waals surface area contributed by atoms with Crippen molar-refractivity contribution in [2.45, 2.75) is 26.2 Å². The monoisotopic (exact) mass is 216 g/mol. The largest absolute Gasteiger partial charge is 0.330 e. The minimum atomic E-state index is 0.705. The molecule has 14 heavy (non-hydrogen) atoms. The molecule has 84 valence electrons. The van der Waals surface area contributed by atoms with Crippen LogP contribution in [0.15, 0.2) is 0 Å². The van der Waals surface area contributed by atoms with Crippen molar-refractivity contribution in [3.05, 3.63) is 0 Å². The summed E-state index contributed by atoms with van der Waals surface area (Å²) < 4.78 is 0. The second-order valence-electron chi connectivity index (χ2n) is 4.29. The normalized spacial score (nSPS) is 21.9. The Morgan fingerprint density at radius 2 is 2.21 bits per heavy atom. The zero-order valence-corrected chi connectivity index (χ0v) is 10.2. The molecule has 0 spiro atoms. The maximum Gasteiger partial charge on any atom is 0.00723 e. The van der Waals surface area contributed by atoms with Gasteiger partial charge >= 0.3 is 0 Å². The molecule has 1 aliphatic heterocycles. The van der Waals surface area contributed by atoms with Crippen LogP contribution in [0.5, 0.6) is 0 Å². The van der Waals surface area contributed by atoms with E-state index in [2.05, 4.69) is 23.6 Å². The van der Waals surface area contributed by atoms with E-state index >= 15 is 0 Å². The summed E-state index contributed by atoms with van der Waals surface area (Å²) in [6, 6.07) is 0. The summed E-state index contributed by atoms with van der Waals surface area (Å²) in [5.41, 5.74) is 5.60. The Kier molecular flexibility index (Phi) is 6.65. The molecule has 1 saturated heterocycles. The minimum Gasteiger partial charge on any atom is -0.330 e. The maximum absolute atomic E-state index is 5.60. The molecule has 1 atom stereocenters. The van der Waals surface area contributed by atoms with E-state index in [1.165, 1.54) is 50.4 Å². The Morgan fingerprint density at radius 1 is 1.36 bits per heavy atom. The third-order valence-electron chi connectivity index (χ3n) is 2.89. The number of rotatable bonds is 5. The molecule has 2 nitrogen and oxygen atoms in total. The third-order valence-corrected chi connectivity index (χ3v) is 3.94. The van der Waals surface area contributed by atoms with E-state index in [4.69, 9.17) is 5.73 Å². The van der Waals surface area contributed by atoms with Crippen molar-refractivity contribution in [3.8, 4) is 0 Å². The molecule has 0 aromatic carbocycles. The van der Waals surface area contributed by atoms with E-state index < -0.39 is 0 Å². The summed E-state index contributed by atoms with van der Waals surface area (Å²) in [5.74, 6) is 3.39. The summed E-state index contributed by atoms with van der Waals surface area (Å²) in [4.78, 5) is 2.61. The van der Waals surface area contributed by atoms with E-state index in [0.717, 1.165) is 6.54 Å². The van der Waals surface area contributed by atoms with Crippen molar-refractivity contribution < 1.29 is 0 Å². The van der Waals surface area contributed by atoms with E-state index in [-0.39, 0.29) is 0 Å². The van der Waals surface area contributed by atoms with Crippen molar-refractivity contribution in [1.29, 1.82) is 0 Å². The highest BCUT2D eigenvalue weighted by molar-refractivity contribution is 7.99. The van der Waals surface area contributed by atoms with Gasteiger partial charge in [-0.3, -0.25) is 0 Å². The molecule has 3 heteroatoms. The first-order chi connectivity index (χ1) is 6.83. The number of hydrogen-bond acceptors (Lipinski definition) is 3. The van der Waals surface area contributed by atoms with Crippen molar-refractivity contribution in [2.24, 2.45) is 11.7 Å². The van der Waals surface area contributed by atoms with Gasteiger partial charge in [-0.25, -0.2) is 0 Å². The summed E-state index contributed by atoms with van der Waals surface area (Å²) in [6.07, 6.45) is 3.99. The lowest BCUT2D eigenvalue weighted by atomic mass is 10.1. The van der Waals surface area contributed by atoms with Gasteiger partial charge in [0.05, 0.1) is 0 Å². The highest BCUT2D eigenvalue weighted by Gasteiger charge is 2.08. The van der Waals surface area contributed by atoms with Crippen LogP contribution in [0.3, 0.4) is 0 Å². The Bertz CT molecular complexity index is 133. The third kappa shape index (κ3) is 5.23. The summed E-state index contributed by atoms with van der Waals surface area (Å²) in [7, 11) is 0. The quantitative estimate of drug-likeness (QED) is 0.760. The highest BCUT2D eigenvalue weighted by Crippen LogP contribution is 2.11. The van der Waals surface area contributed by atoms with Crippen LogP contribution in [0.25, 0.3) is 0 Å². The van der Waals surface area contributed by atoms with E-state index in [0.29, 0.717) is 5.92 Å².